The molecule has 0 radical (unpaired) electrons. The topological polar surface area (TPSA) is 46.9 Å². The number of hydrogen-bond acceptors (Lipinski definition) is 2. The molecule has 1 aromatic heterocycles. The Morgan fingerprint density at radius 1 is 1.39 bits per heavy atom. The molecule has 2 rings (SSSR count). The molecular weight excluding hydrogens is 240 g/mol. The number of carbonyl (C=O) groups is 1. The number of nitrogens with zero attached hydrogens (tertiary/aromatic N) is 2. The van der Waals surface area contributed by atoms with Crippen molar-refractivity contribution in [3.63, 3.8) is 0 Å². The molecular formula is C12H11F2N3O. The molecule has 0 atom stereocenters. The highest BCUT2D eigenvalue weighted by Crippen LogP contribution is 2.11. The molecule has 0 unspecified atom stereocenters. The molecule has 1 N–H and O–H groups in total. The lowest BCUT2D eigenvalue weighted by Crippen LogP contribution is -2.25. The minimum atomic E-state index is -1.14. The molecule has 1 heterocycles. The third-order valence-electron chi connectivity index (χ3n) is 2.55. The van der Waals surface area contributed by atoms with E-state index in [1.54, 1.807) is 24.0 Å². The van der Waals surface area contributed by atoms with Gasteiger partial charge in [-0.3, -0.25) is 9.48 Å². The zero-order valence-electron chi connectivity index (χ0n) is 9.65. The third kappa shape index (κ3) is 2.37. The Balaban J connectivity index is 2.09. The van der Waals surface area contributed by atoms with Gasteiger partial charge in [-0.2, -0.15) is 5.10 Å². The molecule has 1 amide bonds. The first-order valence-electron chi connectivity index (χ1n) is 5.28. The van der Waals surface area contributed by atoms with Crippen LogP contribution in [0.2, 0.25) is 0 Å². The summed E-state index contributed by atoms with van der Waals surface area (Å²) in [6.07, 6.45) is 1.59. The first-order chi connectivity index (χ1) is 8.59. The summed E-state index contributed by atoms with van der Waals surface area (Å²) in [5.74, 6) is -2.84. The minimum absolute atomic E-state index is 0.200. The number of aryl methyl sites for hydroxylation is 1. The van der Waals surface area contributed by atoms with E-state index in [1.807, 2.05) is 0 Å². The predicted molar refractivity (Wildman–Crippen MR) is 60.7 cm³/mol. The van der Waals surface area contributed by atoms with Gasteiger partial charge in [-0.1, -0.05) is 6.07 Å². The van der Waals surface area contributed by atoms with Crippen LogP contribution in [0, 0.1) is 11.6 Å². The van der Waals surface area contributed by atoms with Crippen molar-refractivity contribution >= 4 is 5.91 Å². The lowest BCUT2D eigenvalue weighted by atomic mass is 10.2. The summed E-state index contributed by atoms with van der Waals surface area (Å²) in [6, 6.07) is 5.21. The fraction of sp³-hybridized carbons (Fsp3) is 0.167. The van der Waals surface area contributed by atoms with Gasteiger partial charge in [-0.25, -0.2) is 8.78 Å². The maximum absolute atomic E-state index is 13.3. The first-order valence-corrected chi connectivity index (χ1v) is 5.28. The van der Waals surface area contributed by atoms with E-state index in [1.165, 1.54) is 12.1 Å². The van der Waals surface area contributed by atoms with Gasteiger partial charge in [0.05, 0.1) is 17.8 Å². The zero-order chi connectivity index (χ0) is 13.1. The SMILES string of the molecule is Cn1nccc1CNC(=O)c1cccc(F)c1F. The van der Waals surface area contributed by atoms with Crippen molar-refractivity contribution in [3.05, 3.63) is 53.4 Å². The molecule has 0 saturated heterocycles. The van der Waals surface area contributed by atoms with Crippen molar-refractivity contribution in [2.75, 3.05) is 0 Å². The average molecular weight is 251 g/mol. The Labute approximate surface area is 102 Å². The van der Waals surface area contributed by atoms with Crippen LogP contribution in [0.3, 0.4) is 0 Å². The van der Waals surface area contributed by atoms with Crippen molar-refractivity contribution < 1.29 is 13.6 Å². The molecule has 0 aliphatic carbocycles. The summed E-state index contributed by atoms with van der Waals surface area (Å²) in [5, 5.41) is 6.43. The maximum Gasteiger partial charge on any atom is 0.254 e. The van der Waals surface area contributed by atoms with E-state index in [9.17, 15) is 13.6 Å². The van der Waals surface area contributed by atoms with Gasteiger partial charge >= 0.3 is 0 Å². The molecule has 18 heavy (non-hydrogen) atoms. The van der Waals surface area contributed by atoms with Crippen LogP contribution in [0.5, 0.6) is 0 Å². The minimum Gasteiger partial charge on any atom is -0.346 e. The highest BCUT2D eigenvalue weighted by atomic mass is 19.2. The smallest absolute Gasteiger partial charge is 0.254 e. The Hall–Kier alpha value is -2.24. The zero-order valence-corrected chi connectivity index (χ0v) is 9.65. The van der Waals surface area contributed by atoms with Gasteiger partial charge in [0.1, 0.15) is 0 Å². The number of hydrogen-bond donors (Lipinski definition) is 1. The Bertz CT molecular complexity index is 580. The molecule has 94 valence electrons. The molecule has 0 bridgehead atoms. The predicted octanol–water partition coefficient (Wildman–Crippen LogP) is 1.63. The standard InChI is InChI=1S/C12H11F2N3O/c1-17-8(5-6-16-17)7-15-12(18)9-3-2-4-10(13)11(9)14/h2-6H,7H2,1H3,(H,15,18). The largest absolute Gasteiger partial charge is 0.346 e. The summed E-state index contributed by atoms with van der Waals surface area (Å²) in [7, 11) is 1.73. The van der Waals surface area contributed by atoms with E-state index < -0.39 is 17.5 Å². The Morgan fingerprint density at radius 2 is 2.17 bits per heavy atom. The number of halogens is 2. The van der Waals surface area contributed by atoms with Crippen LogP contribution < -0.4 is 5.32 Å². The molecule has 0 fully saturated rings. The van der Waals surface area contributed by atoms with Gasteiger partial charge in [-0.15, -0.1) is 0 Å². The van der Waals surface area contributed by atoms with Crippen LogP contribution >= 0.6 is 0 Å². The summed E-state index contributed by atoms with van der Waals surface area (Å²) in [6.45, 7) is 0.200. The average Bonchev–Trinajstić information content (AvgIpc) is 2.75. The van der Waals surface area contributed by atoms with Crippen LogP contribution in [-0.2, 0) is 13.6 Å². The highest BCUT2D eigenvalue weighted by molar-refractivity contribution is 5.94. The number of nitrogens with one attached hydrogen (secondary N) is 1. The number of amides is 1. The van der Waals surface area contributed by atoms with Crippen molar-refractivity contribution in [3.8, 4) is 0 Å². The van der Waals surface area contributed by atoms with Gasteiger partial charge in [0.25, 0.3) is 5.91 Å². The Kier molecular flexibility index (Phi) is 3.36. The van der Waals surface area contributed by atoms with E-state index >= 15 is 0 Å². The van der Waals surface area contributed by atoms with Crippen molar-refractivity contribution in [1.82, 2.24) is 15.1 Å². The van der Waals surface area contributed by atoms with Gasteiger partial charge in [0.15, 0.2) is 11.6 Å². The van der Waals surface area contributed by atoms with Crippen molar-refractivity contribution in [2.24, 2.45) is 7.05 Å². The summed E-state index contributed by atoms with van der Waals surface area (Å²) in [5.41, 5.74) is 0.456. The fourth-order valence-electron chi connectivity index (χ4n) is 1.52. The van der Waals surface area contributed by atoms with E-state index in [-0.39, 0.29) is 12.1 Å². The second-order valence-electron chi connectivity index (χ2n) is 3.73. The van der Waals surface area contributed by atoms with Crippen LogP contribution in [-0.4, -0.2) is 15.7 Å². The molecule has 0 aliphatic rings. The number of aromatic nitrogens is 2. The van der Waals surface area contributed by atoms with E-state index in [0.717, 1.165) is 11.8 Å². The fourth-order valence-corrected chi connectivity index (χ4v) is 1.52. The third-order valence-corrected chi connectivity index (χ3v) is 2.55. The summed E-state index contributed by atoms with van der Waals surface area (Å²) in [4.78, 5) is 11.7. The molecule has 4 nitrogen and oxygen atoms in total. The van der Waals surface area contributed by atoms with Crippen LogP contribution in [0.4, 0.5) is 8.78 Å². The maximum atomic E-state index is 13.3. The lowest BCUT2D eigenvalue weighted by molar-refractivity contribution is 0.0945. The van der Waals surface area contributed by atoms with Crippen molar-refractivity contribution in [1.29, 1.82) is 0 Å². The molecule has 0 saturated carbocycles. The quantitative estimate of drug-likeness (QED) is 0.901. The lowest BCUT2D eigenvalue weighted by Gasteiger charge is -2.06. The molecule has 0 aliphatic heterocycles. The van der Waals surface area contributed by atoms with Gasteiger partial charge in [0, 0.05) is 13.2 Å². The van der Waals surface area contributed by atoms with E-state index in [0.29, 0.717) is 0 Å². The second kappa shape index (κ2) is 4.95. The molecule has 2 aromatic rings. The van der Waals surface area contributed by atoms with Gasteiger partial charge < -0.3 is 5.32 Å². The van der Waals surface area contributed by atoms with E-state index in [2.05, 4.69) is 10.4 Å². The first kappa shape index (κ1) is 12.2. The monoisotopic (exact) mass is 251 g/mol. The summed E-state index contributed by atoms with van der Waals surface area (Å²) < 4.78 is 27.9. The van der Waals surface area contributed by atoms with Crippen molar-refractivity contribution in [2.45, 2.75) is 6.54 Å². The number of benzene rings is 1. The number of carbonyl (C=O) groups excluding carboxylic acids is 1. The molecule has 6 heteroatoms. The normalized spacial score (nSPS) is 10.4. The van der Waals surface area contributed by atoms with Gasteiger partial charge in [0.2, 0.25) is 0 Å². The van der Waals surface area contributed by atoms with E-state index in [4.69, 9.17) is 0 Å². The molecule has 1 aromatic carbocycles. The van der Waals surface area contributed by atoms with Crippen LogP contribution in [0.1, 0.15) is 16.1 Å². The molecule has 0 spiro atoms. The van der Waals surface area contributed by atoms with Gasteiger partial charge in [-0.05, 0) is 18.2 Å². The highest BCUT2D eigenvalue weighted by Gasteiger charge is 2.14. The summed E-state index contributed by atoms with van der Waals surface area (Å²) >= 11 is 0. The Morgan fingerprint density at radius 3 is 2.83 bits per heavy atom. The van der Waals surface area contributed by atoms with Crippen LogP contribution in [0.25, 0.3) is 0 Å². The van der Waals surface area contributed by atoms with Crippen LogP contribution in [0.15, 0.2) is 30.5 Å². The second-order valence-corrected chi connectivity index (χ2v) is 3.73. The number of rotatable bonds is 3.